The zero-order chi connectivity index (χ0) is 14.4. The van der Waals surface area contributed by atoms with Crippen molar-refractivity contribution in [1.29, 1.82) is 0 Å². The predicted octanol–water partition coefficient (Wildman–Crippen LogP) is 3.55. The Bertz CT molecular complexity index is 553. The minimum atomic E-state index is -2.88. The molecule has 2 rings (SSSR count). The SMILES string of the molecule is O=C(COc1ccccc1)c1ccc(OC(F)F)cc1. The van der Waals surface area contributed by atoms with Gasteiger partial charge in [-0.3, -0.25) is 4.79 Å². The van der Waals surface area contributed by atoms with Crippen molar-refractivity contribution in [2.24, 2.45) is 0 Å². The molecule has 0 atom stereocenters. The van der Waals surface area contributed by atoms with Crippen molar-refractivity contribution in [3.05, 3.63) is 60.2 Å². The lowest BCUT2D eigenvalue weighted by Gasteiger charge is -2.07. The van der Waals surface area contributed by atoms with Gasteiger partial charge in [-0.1, -0.05) is 18.2 Å². The average Bonchev–Trinajstić information content (AvgIpc) is 2.46. The molecule has 0 bridgehead atoms. The average molecular weight is 278 g/mol. The highest BCUT2D eigenvalue weighted by atomic mass is 19.3. The molecule has 2 aromatic carbocycles. The molecular weight excluding hydrogens is 266 g/mol. The lowest BCUT2D eigenvalue weighted by atomic mass is 10.1. The Morgan fingerprint density at radius 1 is 0.950 bits per heavy atom. The van der Waals surface area contributed by atoms with Crippen molar-refractivity contribution in [2.45, 2.75) is 6.61 Å². The summed E-state index contributed by atoms with van der Waals surface area (Å²) in [4.78, 5) is 11.8. The summed E-state index contributed by atoms with van der Waals surface area (Å²) in [5, 5.41) is 0. The normalized spacial score (nSPS) is 10.3. The molecular formula is C15H12F2O3. The van der Waals surface area contributed by atoms with E-state index in [2.05, 4.69) is 4.74 Å². The van der Waals surface area contributed by atoms with Gasteiger partial charge in [0, 0.05) is 5.56 Å². The molecule has 2 aromatic rings. The summed E-state index contributed by atoms with van der Waals surface area (Å²) >= 11 is 0. The Balaban J connectivity index is 1.92. The number of hydrogen-bond acceptors (Lipinski definition) is 3. The monoisotopic (exact) mass is 278 g/mol. The van der Waals surface area contributed by atoms with E-state index in [4.69, 9.17) is 4.74 Å². The van der Waals surface area contributed by atoms with E-state index in [1.807, 2.05) is 6.07 Å². The summed E-state index contributed by atoms with van der Waals surface area (Å²) in [6.07, 6.45) is 0. The van der Waals surface area contributed by atoms with Gasteiger partial charge in [-0.25, -0.2) is 0 Å². The fourth-order valence-corrected chi connectivity index (χ4v) is 1.57. The van der Waals surface area contributed by atoms with E-state index in [0.717, 1.165) is 0 Å². The molecule has 20 heavy (non-hydrogen) atoms. The third-order valence-corrected chi connectivity index (χ3v) is 2.51. The summed E-state index contributed by atoms with van der Waals surface area (Å²) in [5.41, 5.74) is 0.377. The van der Waals surface area contributed by atoms with Crippen LogP contribution in [0.15, 0.2) is 54.6 Å². The highest BCUT2D eigenvalue weighted by molar-refractivity contribution is 5.97. The van der Waals surface area contributed by atoms with Gasteiger partial charge in [0.1, 0.15) is 11.5 Å². The Morgan fingerprint density at radius 3 is 2.20 bits per heavy atom. The molecule has 0 unspecified atom stereocenters. The lowest BCUT2D eigenvalue weighted by molar-refractivity contribution is -0.0498. The molecule has 0 saturated heterocycles. The first kappa shape index (κ1) is 14.0. The van der Waals surface area contributed by atoms with Crippen molar-refractivity contribution in [3.8, 4) is 11.5 Å². The standard InChI is InChI=1S/C15H12F2O3/c16-15(17)20-13-8-6-11(7-9-13)14(18)10-19-12-4-2-1-3-5-12/h1-9,15H,10H2. The van der Waals surface area contributed by atoms with Gasteiger partial charge in [0.2, 0.25) is 0 Å². The summed E-state index contributed by atoms with van der Waals surface area (Å²) in [5.74, 6) is 0.372. The van der Waals surface area contributed by atoms with Crippen LogP contribution in [0.25, 0.3) is 0 Å². The number of rotatable bonds is 6. The molecule has 0 spiro atoms. The molecule has 0 radical (unpaired) electrons. The van der Waals surface area contributed by atoms with Gasteiger partial charge in [0.25, 0.3) is 0 Å². The smallest absolute Gasteiger partial charge is 0.387 e. The van der Waals surface area contributed by atoms with Crippen LogP contribution in [0.1, 0.15) is 10.4 Å². The number of para-hydroxylation sites is 1. The van der Waals surface area contributed by atoms with Crippen LogP contribution in [-0.2, 0) is 0 Å². The van der Waals surface area contributed by atoms with Crippen LogP contribution >= 0.6 is 0 Å². The van der Waals surface area contributed by atoms with Crippen molar-refractivity contribution in [2.75, 3.05) is 6.61 Å². The topological polar surface area (TPSA) is 35.5 Å². The third-order valence-electron chi connectivity index (χ3n) is 2.51. The second-order valence-corrected chi connectivity index (χ2v) is 3.93. The maximum absolute atomic E-state index is 12.0. The van der Waals surface area contributed by atoms with Gasteiger partial charge in [0.15, 0.2) is 12.4 Å². The predicted molar refractivity (Wildman–Crippen MR) is 69.3 cm³/mol. The Kier molecular flexibility index (Phi) is 4.65. The highest BCUT2D eigenvalue weighted by Gasteiger charge is 2.08. The largest absolute Gasteiger partial charge is 0.485 e. The van der Waals surface area contributed by atoms with Crippen LogP contribution in [0, 0.1) is 0 Å². The minimum Gasteiger partial charge on any atom is -0.485 e. The Labute approximate surface area is 114 Å². The number of halogens is 2. The van der Waals surface area contributed by atoms with Gasteiger partial charge >= 0.3 is 6.61 Å². The summed E-state index contributed by atoms with van der Waals surface area (Å²) in [6, 6.07) is 14.4. The number of Topliss-reactive ketones (excluding diaryl/α,β-unsaturated/α-hetero) is 1. The molecule has 0 aliphatic heterocycles. The number of alkyl halides is 2. The number of ketones is 1. The molecule has 0 saturated carbocycles. The molecule has 0 fully saturated rings. The molecule has 0 aromatic heterocycles. The zero-order valence-corrected chi connectivity index (χ0v) is 10.5. The molecule has 0 heterocycles. The molecule has 3 nitrogen and oxygen atoms in total. The van der Waals surface area contributed by atoms with E-state index in [1.54, 1.807) is 24.3 Å². The third kappa shape index (κ3) is 4.05. The first-order chi connectivity index (χ1) is 9.65. The zero-order valence-electron chi connectivity index (χ0n) is 10.5. The molecule has 104 valence electrons. The van der Waals surface area contributed by atoms with Crippen molar-refractivity contribution in [3.63, 3.8) is 0 Å². The number of ether oxygens (including phenoxy) is 2. The molecule has 0 aliphatic rings. The van der Waals surface area contributed by atoms with Gasteiger partial charge in [-0.05, 0) is 36.4 Å². The van der Waals surface area contributed by atoms with Crippen LogP contribution in [0.5, 0.6) is 11.5 Å². The molecule has 0 N–H and O–H groups in total. The Morgan fingerprint density at radius 2 is 1.60 bits per heavy atom. The van der Waals surface area contributed by atoms with Crippen molar-refractivity contribution >= 4 is 5.78 Å². The first-order valence-electron chi connectivity index (χ1n) is 5.91. The van der Waals surface area contributed by atoms with Gasteiger partial charge in [-0.2, -0.15) is 8.78 Å². The second-order valence-electron chi connectivity index (χ2n) is 3.93. The fraction of sp³-hybridized carbons (Fsp3) is 0.133. The van der Waals surface area contributed by atoms with E-state index < -0.39 is 6.61 Å². The minimum absolute atomic E-state index is 0.0144. The van der Waals surface area contributed by atoms with Crippen LogP contribution in [0.2, 0.25) is 0 Å². The number of hydrogen-bond donors (Lipinski definition) is 0. The van der Waals surface area contributed by atoms with E-state index in [9.17, 15) is 13.6 Å². The lowest BCUT2D eigenvalue weighted by Crippen LogP contribution is -2.11. The van der Waals surface area contributed by atoms with Crippen molar-refractivity contribution in [1.82, 2.24) is 0 Å². The first-order valence-corrected chi connectivity index (χ1v) is 5.91. The van der Waals surface area contributed by atoms with E-state index in [1.165, 1.54) is 24.3 Å². The van der Waals surface area contributed by atoms with Gasteiger partial charge in [0.05, 0.1) is 0 Å². The van der Waals surface area contributed by atoms with Crippen LogP contribution in [0.4, 0.5) is 8.78 Å². The summed E-state index contributed by atoms with van der Waals surface area (Å²) in [7, 11) is 0. The maximum Gasteiger partial charge on any atom is 0.387 e. The van der Waals surface area contributed by atoms with E-state index in [0.29, 0.717) is 11.3 Å². The van der Waals surface area contributed by atoms with Gasteiger partial charge < -0.3 is 9.47 Å². The van der Waals surface area contributed by atoms with Crippen LogP contribution in [-0.4, -0.2) is 19.0 Å². The molecule has 5 heteroatoms. The highest BCUT2D eigenvalue weighted by Crippen LogP contribution is 2.16. The quantitative estimate of drug-likeness (QED) is 0.758. The maximum atomic E-state index is 12.0. The fourth-order valence-electron chi connectivity index (χ4n) is 1.57. The second kappa shape index (κ2) is 6.65. The van der Waals surface area contributed by atoms with Crippen molar-refractivity contribution < 1.29 is 23.0 Å². The summed E-state index contributed by atoms with van der Waals surface area (Å²) in [6.45, 7) is -2.99. The molecule has 0 amide bonds. The number of benzene rings is 2. The number of carbonyl (C=O) groups is 1. The van der Waals surface area contributed by atoms with Crippen LogP contribution < -0.4 is 9.47 Å². The van der Waals surface area contributed by atoms with Gasteiger partial charge in [-0.15, -0.1) is 0 Å². The van der Waals surface area contributed by atoms with E-state index >= 15 is 0 Å². The molecule has 0 aliphatic carbocycles. The Hall–Kier alpha value is -2.43. The summed E-state index contributed by atoms with van der Waals surface area (Å²) < 4.78 is 33.5. The van der Waals surface area contributed by atoms with E-state index in [-0.39, 0.29) is 18.1 Å². The number of carbonyl (C=O) groups excluding carboxylic acids is 1. The van der Waals surface area contributed by atoms with Crippen LogP contribution in [0.3, 0.4) is 0 Å².